The minimum absolute atomic E-state index is 0.223. The topological polar surface area (TPSA) is 65.1 Å². The zero-order valence-electron chi connectivity index (χ0n) is 11.2. The van der Waals surface area contributed by atoms with Gasteiger partial charge in [-0.1, -0.05) is 25.1 Å². The fourth-order valence-electron chi connectivity index (χ4n) is 2.30. The number of carboxylic acid groups (broad SMARTS) is 1. The van der Waals surface area contributed by atoms with Crippen LogP contribution in [0.4, 0.5) is 0 Å². The Morgan fingerprint density at radius 2 is 2.21 bits per heavy atom. The molecule has 0 aliphatic heterocycles. The second-order valence-corrected chi connectivity index (χ2v) is 4.68. The van der Waals surface area contributed by atoms with Gasteiger partial charge in [-0.3, -0.25) is 4.79 Å². The van der Waals surface area contributed by atoms with Crippen LogP contribution in [0.2, 0.25) is 0 Å². The molecule has 102 valence electrons. The Labute approximate surface area is 112 Å². The van der Waals surface area contributed by atoms with Gasteiger partial charge in [0.15, 0.2) is 0 Å². The summed E-state index contributed by atoms with van der Waals surface area (Å²) in [7, 11) is 0. The number of para-hydroxylation sites is 1. The molecule has 2 aromatic rings. The summed E-state index contributed by atoms with van der Waals surface area (Å²) >= 11 is 0. The number of fused-ring (bicyclic) bond motifs is 1. The van der Waals surface area contributed by atoms with Crippen LogP contribution in [0.5, 0.6) is 0 Å². The first-order valence-corrected chi connectivity index (χ1v) is 6.72. The number of aryl methyl sites for hydroxylation is 1. The number of H-pyrrole nitrogens is 1. The molecule has 3 N–H and O–H groups in total. The standard InChI is InChI=1S/C15H20N2O2/c1-2-11-5-3-6-13-12(10-17-15(11)13)9-16-8-4-7-14(18)19/h3,5-6,10,16-17H,2,4,7-9H2,1H3,(H,18,19). The highest BCUT2D eigenvalue weighted by atomic mass is 16.4. The van der Waals surface area contributed by atoms with E-state index in [0.29, 0.717) is 6.42 Å². The third-order valence-corrected chi connectivity index (χ3v) is 3.33. The van der Waals surface area contributed by atoms with Gasteiger partial charge < -0.3 is 15.4 Å². The van der Waals surface area contributed by atoms with Crippen LogP contribution in [-0.4, -0.2) is 22.6 Å². The fourth-order valence-corrected chi connectivity index (χ4v) is 2.30. The lowest BCUT2D eigenvalue weighted by atomic mass is 10.1. The minimum Gasteiger partial charge on any atom is -0.481 e. The van der Waals surface area contributed by atoms with Crippen molar-refractivity contribution in [2.45, 2.75) is 32.7 Å². The lowest BCUT2D eigenvalue weighted by molar-refractivity contribution is -0.137. The van der Waals surface area contributed by atoms with E-state index in [2.05, 4.69) is 35.4 Å². The zero-order chi connectivity index (χ0) is 13.7. The summed E-state index contributed by atoms with van der Waals surface area (Å²) in [6.07, 6.45) is 3.94. The molecule has 0 fully saturated rings. The Bertz CT molecular complexity index is 560. The van der Waals surface area contributed by atoms with E-state index in [9.17, 15) is 4.79 Å². The van der Waals surface area contributed by atoms with Gasteiger partial charge in [-0.25, -0.2) is 0 Å². The molecule has 19 heavy (non-hydrogen) atoms. The Morgan fingerprint density at radius 1 is 1.37 bits per heavy atom. The number of carboxylic acids is 1. The van der Waals surface area contributed by atoms with Gasteiger partial charge in [-0.05, 0) is 30.5 Å². The van der Waals surface area contributed by atoms with E-state index in [4.69, 9.17) is 5.11 Å². The molecule has 1 heterocycles. The molecule has 0 amide bonds. The van der Waals surface area contributed by atoms with Crippen LogP contribution in [0.25, 0.3) is 10.9 Å². The first kappa shape index (κ1) is 13.6. The molecule has 0 bridgehead atoms. The summed E-state index contributed by atoms with van der Waals surface area (Å²) < 4.78 is 0. The molecule has 0 unspecified atom stereocenters. The van der Waals surface area contributed by atoms with Crippen LogP contribution >= 0.6 is 0 Å². The summed E-state index contributed by atoms with van der Waals surface area (Å²) in [5.41, 5.74) is 3.78. The summed E-state index contributed by atoms with van der Waals surface area (Å²) in [6.45, 7) is 3.65. The number of hydrogen-bond acceptors (Lipinski definition) is 2. The van der Waals surface area contributed by atoms with Crippen molar-refractivity contribution in [3.8, 4) is 0 Å². The fraction of sp³-hybridized carbons (Fsp3) is 0.400. The number of aromatic nitrogens is 1. The van der Waals surface area contributed by atoms with Crippen molar-refractivity contribution in [3.05, 3.63) is 35.5 Å². The van der Waals surface area contributed by atoms with Crippen LogP contribution in [0.3, 0.4) is 0 Å². The Morgan fingerprint density at radius 3 is 2.95 bits per heavy atom. The smallest absolute Gasteiger partial charge is 0.303 e. The maximum absolute atomic E-state index is 10.4. The van der Waals surface area contributed by atoms with E-state index in [-0.39, 0.29) is 6.42 Å². The minimum atomic E-state index is -0.735. The molecule has 0 saturated heterocycles. The second kappa shape index (κ2) is 6.38. The Hall–Kier alpha value is -1.81. The van der Waals surface area contributed by atoms with Gasteiger partial charge in [0.05, 0.1) is 0 Å². The zero-order valence-corrected chi connectivity index (χ0v) is 11.2. The molecule has 0 atom stereocenters. The third kappa shape index (κ3) is 3.35. The van der Waals surface area contributed by atoms with Crippen LogP contribution < -0.4 is 5.32 Å². The van der Waals surface area contributed by atoms with E-state index < -0.39 is 5.97 Å². The van der Waals surface area contributed by atoms with Gasteiger partial charge >= 0.3 is 5.97 Å². The lowest BCUT2D eigenvalue weighted by Crippen LogP contribution is -2.15. The molecule has 4 heteroatoms. The number of rotatable bonds is 7. The van der Waals surface area contributed by atoms with E-state index in [1.807, 2.05) is 6.20 Å². The maximum atomic E-state index is 10.4. The van der Waals surface area contributed by atoms with Crippen LogP contribution in [0, 0.1) is 0 Å². The highest BCUT2D eigenvalue weighted by molar-refractivity contribution is 5.86. The number of nitrogens with one attached hydrogen (secondary N) is 2. The molecule has 1 aromatic heterocycles. The average molecular weight is 260 g/mol. The van der Waals surface area contributed by atoms with Crippen molar-refractivity contribution >= 4 is 16.9 Å². The highest BCUT2D eigenvalue weighted by Gasteiger charge is 2.06. The number of aromatic amines is 1. The lowest BCUT2D eigenvalue weighted by Gasteiger charge is -2.03. The van der Waals surface area contributed by atoms with Crippen LogP contribution in [-0.2, 0) is 17.8 Å². The molecular formula is C15H20N2O2. The first-order chi connectivity index (χ1) is 9.22. The molecular weight excluding hydrogens is 240 g/mol. The van der Waals surface area contributed by atoms with Gasteiger partial charge in [0, 0.05) is 30.1 Å². The maximum Gasteiger partial charge on any atom is 0.303 e. The molecule has 0 aliphatic rings. The van der Waals surface area contributed by atoms with Crippen molar-refractivity contribution in [3.63, 3.8) is 0 Å². The SMILES string of the molecule is CCc1cccc2c(CNCCCC(=O)O)c[nH]c12. The quantitative estimate of drug-likeness (QED) is 0.671. The monoisotopic (exact) mass is 260 g/mol. The predicted octanol–water partition coefficient (Wildman–Crippen LogP) is 2.68. The molecule has 0 aliphatic carbocycles. The summed E-state index contributed by atoms with van der Waals surface area (Å²) in [5.74, 6) is -0.735. The largest absolute Gasteiger partial charge is 0.481 e. The van der Waals surface area contributed by atoms with Crippen molar-refractivity contribution in [2.24, 2.45) is 0 Å². The van der Waals surface area contributed by atoms with Gasteiger partial charge in [0.25, 0.3) is 0 Å². The Balaban J connectivity index is 1.96. The van der Waals surface area contributed by atoms with Gasteiger partial charge in [-0.15, -0.1) is 0 Å². The normalized spacial score (nSPS) is 11.0. The average Bonchev–Trinajstić information content (AvgIpc) is 2.81. The molecule has 4 nitrogen and oxygen atoms in total. The second-order valence-electron chi connectivity index (χ2n) is 4.68. The van der Waals surface area contributed by atoms with Crippen molar-refractivity contribution < 1.29 is 9.90 Å². The van der Waals surface area contributed by atoms with Gasteiger partial charge in [0.1, 0.15) is 0 Å². The first-order valence-electron chi connectivity index (χ1n) is 6.72. The molecule has 0 saturated carbocycles. The Kier molecular flexibility index (Phi) is 4.58. The number of carbonyl (C=O) groups is 1. The molecule has 0 radical (unpaired) electrons. The predicted molar refractivity (Wildman–Crippen MR) is 76.3 cm³/mol. The van der Waals surface area contributed by atoms with E-state index >= 15 is 0 Å². The van der Waals surface area contributed by atoms with Crippen molar-refractivity contribution in [2.75, 3.05) is 6.54 Å². The number of aliphatic carboxylic acids is 1. The van der Waals surface area contributed by atoms with Gasteiger partial charge in [0.2, 0.25) is 0 Å². The number of benzene rings is 1. The molecule has 2 rings (SSSR count). The van der Waals surface area contributed by atoms with E-state index in [1.165, 1.54) is 22.0 Å². The molecule has 1 aromatic carbocycles. The summed E-state index contributed by atoms with van der Waals surface area (Å²) in [6, 6.07) is 6.35. The van der Waals surface area contributed by atoms with E-state index in [0.717, 1.165) is 19.5 Å². The number of hydrogen-bond donors (Lipinski definition) is 3. The van der Waals surface area contributed by atoms with Crippen LogP contribution in [0.15, 0.2) is 24.4 Å². The highest BCUT2D eigenvalue weighted by Crippen LogP contribution is 2.21. The van der Waals surface area contributed by atoms with E-state index in [1.54, 1.807) is 0 Å². The van der Waals surface area contributed by atoms with Gasteiger partial charge in [-0.2, -0.15) is 0 Å². The van der Waals surface area contributed by atoms with Crippen molar-refractivity contribution in [1.82, 2.24) is 10.3 Å². The molecule has 0 spiro atoms. The summed E-state index contributed by atoms with van der Waals surface area (Å²) in [5, 5.41) is 13.1. The van der Waals surface area contributed by atoms with Crippen LogP contribution in [0.1, 0.15) is 30.9 Å². The third-order valence-electron chi connectivity index (χ3n) is 3.33. The van der Waals surface area contributed by atoms with Crippen molar-refractivity contribution in [1.29, 1.82) is 0 Å². The summed E-state index contributed by atoms with van der Waals surface area (Å²) in [4.78, 5) is 13.7.